The molecule has 194 valence electrons. The summed E-state index contributed by atoms with van der Waals surface area (Å²) in [6.45, 7) is 6.86. The predicted molar refractivity (Wildman–Crippen MR) is 149 cm³/mol. The maximum atomic E-state index is 13.4. The summed E-state index contributed by atoms with van der Waals surface area (Å²) in [6.07, 6.45) is 0.642. The van der Waals surface area contributed by atoms with Crippen LogP contribution in [0.3, 0.4) is 0 Å². The molecular formula is C29H31Cl2N3O3. The van der Waals surface area contributed by atoms with Crippen LogP contribution < -0.4 is 10.2 Å². The topological polar surface area (TPSA) is 69.7 Å². The van der Waals surface area contributed by atoms with Crippen LogP contribution in [0, 0.1) is 5.92 Å². The fourth-order valence-electron chi connectivity index (χ4n) is 4.60. The second-order valence-electron chi connectivity index (χ2n) is 9.81. The van der Waals surface area contributed by atoms with E-state index in [1.807, 2.05) is 50.2 Å². The van der Waals surface area contributed by atoms with E-state index in [0.717, 1.165) is 16.5 Å². The normalized spacial score (nSPS) is 13.4. The third-order valence-electron chi connectivity index (χ3n) is 6.63. The fourth-order valence-corrected chi connectivity index (χ4v) is 5.07. The van der Waals surface area contributed by atoms with E-state index >= 15 is 0 Å². The molecule has 8 heteroatoms. The van der Waals surface area contributed by atoms with Gasteiger partial charge >= 0.3 is 0 Å². The maximum absolute atomic E-state index is 13.4. The first-order valence-corrected chi connectivity index (χ1v) is 13.3. The number of benzene rings is 3. The highest BCUT2D eigenvalue weighted by Crippen LogP contribution is 2.37. The molecule has 0 saturated heterocycles. The van der Waals surface area contributed by atoms with Crippen molar-refractivity contribution < 1.29 is 14.4 Å². The van der Waals surface area contributed by atoms with Crippen molar-refractivity contribution >= 4 is 57.4 Å². The van der Waals surface area contributed by atoms with Crippen LogP contribution >= 0.6 is 23.2 Å². The maximum Gasteiger partial charge on any atom is 0.258 e. The van der Waals surface area contributed by atoms with Crippen LogP contribution in [0.1, 0.15) is 49.5 Å². The first-order valence-electron chi connectivity index (χ1n) is 12.5. The lowest BCUT2D eigenvalue weighted by Crippen LogP contribution is -2.48. The number of rotatable bonds is 10. The van der Waals surface area contributed by atoms with Crippen LogP contribution in [0.25, 0.3) is 10.8 Å². The standard InChI is InChI=1S/C29H31Cl2N3O3/c1-18(2)16-32-28(36)19(3)34(17-21-12-13-22(30)15-24(21)31)26(35)11-6-14-33-25-10-5-8-20-7-4-9-23(27(20)25)29(33)37/h4-5,7-10,12-13,15,18-19H,6,11,14,16-17H2,1-3H3,(H,32,36)/t19-/m1/s1. The van der Waals surface area contributed by atoms with E-state index < -0.39 is 6.04 Å². The van der Waals surface area contributed by atoms with Gasteiger partial charge in [0.1, 0.15) is 6.04 Å². The monoisotopic (exact) mass is 539 g/mol. The van der Waals surface area contributed by atoms with Crippen molar-refractivity contribution in [3.05, 3.63) is 75.8 Å². The molecule has 4 rings (SSSR count). The van der Waals surface area contributed by atoms with Gasteiger partial charge in [0.05, 0.1) is 5.69 Å². The van der Waals surface area contributed by atoms with Gasteiger partial charge in [-0.1, -0.05) is 67.4 Å². The first kappa shape index (κ1) is 27.0. The third-order valence-corrected chi connectivity index (χ3v) is 7.22. The molecule has 1 atom stereocenters. The number of amides is 3. The molecule has 0 fully saturated rings. The molecule has 1 aliphatic rings. The largest absolute Gasteiger partial charge is 0.354 e. The average molecular weight is 540 g/mol. The minimum atomic E-state index is -0.690. The van der Waals surface area contributed by atoms with Crippen LogP contribution in [-0.2, 0) is 16.1 Å². The molecule has 6 nitrogen and oxygen atoms in total. The van der Waals surface area contributed by atoms with Crippen molar-refractivity contribution in [1.29, 1.82) is 0 Å². The summed E-state index contributed by atoms with van der Waals surface area (Å²) in [4.78, 5) is 42.7. The summed E-state index contributed by atoms with van der Waals surface area (Å²) in [5.41, 5.74) is 2.27. The second kappa shape index (κ2) is 11.5. The van der Waals surface area contributed by atoms with Crippen molar-refractivity contribution in [2.24, 2.45) is 5.92 Å². The number of carbonyl (C=O) groups is 3. The molecule has 1 aliphatic heterocycles. The average Bonchev–Trinajstić information content (AvgIpc) is 3.14. The zero-order chi connectivity index (χ0) is 26.7. The number of nitrogens with zero attached hydrogens (tertiary/aromatic N) is 2. The molecule has 0 radical (unpaired) electrons. The molecule has 0 saturated carbocycles. The summed E-state index contributed by atoms with van der Waals surface area (Å²) in [5, 5.41) is 5.83. The highest BCUT2D eigenvalue weighted by molar-refractivity contribution is 6.35. The Kier molecular flexibility index (Phi) is 8.40. The molecule has 3 amide bonds. The van der Waals surface area contributed by atoms with Crippen LogP contribution in [0.5, 0.6) is 0 Å². The smallest absolute Gasteiger partial charge is 0.258 e. The third kappa shape index (κ3) is 5.91. The van der Waals surface area contributed by atoms with E-state index in [9.17, 15) is 14.4 Å². The molecule has 0 spiro atoms. The quantitative estimate of drug-likeness (QED) is 0.339. The Hall–Kier alpha value is -3.09. The van der Waals surface area contributed by atoms with Gasteiger partial charge in [-0.25, -0.2) is 0 Å². The molecule has 0 aromatic heterocycles. The molecule has 1 N–H and O–H groups in total. The summed E-state index contributed by atoms with van der Waals surface area (Å²) in [5.74, 6) is -0.160. The first-order chi connectivity index (χ1) is 17.7. The molecule has 37 heavy (non-hydrogen) atoms. The minimum absolute atomic E-state index is 0.0505. The van der Waals surface area contributed by atoms with E-state index in [-0.39, 0.29) is 36.6 Å². The van der Waals surface area contributed by atoms with Gasteiger partial charge < -0.3 is 15.1 Å². The highest BCUT2D eigenvalue weighted by atomic mass is 35.5. The van der Waals surface area contributed by atoms with Gasteiger partial charge in [-0.05, 0) is 54.5 Å². The lowest BCUT2D eigenvalue weighted by Gasteiger charge is -2.29. The van der Waals surface area contributed by atoms with Crippen molar-refractivity contribution in [2.75, 3.05) is 18.0 Å². The van der Waals surface area contributed by atoms with E-state index in [1.165, 1.54) is 0 Å². The van der Waals surface area contributed by atoms with Gasteiger partial charge in [0, 0.05) is 47.1 Å². The Labute approximate surface area is 227 Å². The Morgan fingerprint density at radius 2 is 1.76 bits per heavy atom. The highest BCUT2D eigenvalue weighted by Gasteiger charge is 2.30. The molecule has 0 aliphatic carbocycles. The van der Waals surface area contributed by atoms with Gasteiger partial charge in [-0.15, -0.1) is 0 Å². The van der Waals surface area contributed by atoms with Crippen LogP contribution in [-0.4, -0.2) is 41.8 Å². The van der Waals surface area contributed by atoms with Gasteiger partial charge in [-0.2, -0.15) is 0 Å². The zero-order valence-electron chi connectivity index (χ0n) is 21.3. The minimum Gasteiger partial charge on any atom is -0.354 e. The summed E-state index contributed by atoms with van der Waals surface area (Å²) >= 11 is 12.4. The van der Waals surface area contributed by atoms with Crippen LogP contribution in [0.15, 0.2) is 54.6 Å². The SMILES string of the molecule is CC(C)CNC(=O)[C@@H](C)N(Cc1ccc(Cl)cc1Cl)C(=O)CCCN1C(=O)c2cccc3cccc1c23. The van der Waals surface area contributed by atoms with Crippen molar-refractivity contribution in [1.82, 2.24) is 10.2 Å². The van der Waals surface area contributed by atoms with E-state index in [1.54, 1.807) is 34.9 Å². The molecule has 0 bridgehead atoms. The molecule has 1 heterocycles. The molecule has 3 aromatic rings. The lowest BCUT2D eigenvalue weighted by atomic mass is 10.1. The number of anilines is 1. The second-order valence-corrected chi connectivity index (χ2v) is 10.7. The predicted octanol–water partition coefficient (Wildman–Crippen LogP) is 6.08. The fraction of sp³-hybridized carbons (Fsp3) is 0.345. The summed E-state index contributed by atoms with van der Waals surface area (Å²) in [6, 6.07) is 16.0. The van der Waals surface area contributed by atoms with Crippen LogP contribution in [0.4, 0.5) is 5.69 Å². The number of hydrogen-bond acceptors (Lipinski definition) is 3. The van der Waals surface area contributed by atoms with E-state index in [2.05, 4.69) is 5.32 Å². The molecule has 0 unspecified atom stereocenters. The summed E-state index contributed by atoms with van der Waals surface area (Å²) in [7, 11) is 0. The number of hydrogen-bond donors (Lipinski definition) is 1. The Bertz CT molecular complexity index is 1340. The number of carbonyl (C=O) groups excluding carboxylic acids is 3. The Balaban J connectivity index is 1.47. The van der Waals surface area contributed by atoms with Crippen molar-refractivity contribution in [3.8, 4) is 0 Å². The Morgan fingerprint density at radius 3 is 2.46 bits per heavy atom. The Morgan fingerprint density at radius 1 is 1.03 bits per heavy atom. The number of nitrogens with one attached hydrogen (secondary N) is 1. The van der Waals surface area contributed by atoms with Crippen molar-refractivity contribution in [2.45, 2.75) is 46.2 Å². The zero-order valence-corrected chi connectivity index (χ0v) is 22.8. The van der Waals surface area contributed by atoms with Gasteiger partial charge in [-0.3, -0.25) is 14.4 Å². The van der Waals surface area contributed by atoms with E-state index in [4.69, 9.17) is 23.2 Å². The summed E-state index contributed by atoms with van der Waals surface area (Å²) < 4.78 is 0. The van der Waals surface area contributed by atoms with Gasteiger partial charge in [0.2, 0.25) is 11.8 Å². The van der Waals surface area contributed by atoms with Crippen LogP contribution in [0.2, 0.25) is 10.0 Å². The van der Waals surface area contributed by atoms with Gasteiger partial charge in [0.25, 0.3) is 5.91 Å². The molecule has 3 aromatic carbocycles. The van der Waals surface area contributed by atoms with Gasteiger partial charge in [0.15, 0.2) is 0 Å². The lowest BCUT2D eigenvalue weighted by molar-refractivity contribution is -0.140. The molecular weight excluding hydrogens is 509 g/mol. The van der Waals surface area contributed by atoms with Crippen molar-refractivity contribution in [3.63, 3.8) is 0 Å². The van der Waals surface area contributed by atoms with E-state index in [0.29, 0.717) is 40.7 Å². The number of halogens is 2.